The minimum Gasteiger partial charge on any atom is -0.355 e. The van der Waals surface area contributed by atoms with Crippen molar-refractivity contribution < 1.29 is 18.0 Å². The maximum atomic E-state index is 12.2. The van der Waals surface area contributed by atoms with Crippen LogP contribution >= 0.6 is 11.3 Å². The summed E-state index contributed by atoms with van der Waals surface area (Å²) in [4.78, 5) is 25.1. The SMILES string of the molecule is CNC(=O)c1c(NC(=O)CS(=O)(=O)c2ccccc2)sc(C)c1C. The van der Waals surface area contributed by atoms with Crippen LogP contribution in [0.5, 0.6) is 0 Å². The molecule has 0 atom stereocenters. The molecule has 0 saturated heterocycles. The Kier molecular flexibility index (Phi) is 5.40. The maximum absolute atomic E-state index is 12.2. The lowest BCUT2D eigenvalue weighted by molar-refractivity contribution is -0.113. The van der Waals surface area contributed by atoms with Gasteiger partial charge in [0, 0.05) is 11.9 Å². The number of nitrogens with one attached hydrogen (secondary N) is 2. The van der Waals surface area contributed by atoms with Gasteiger partial charge in [0.25, 0.3) is 5.91 Å². The summed E-state index contributed by atoms with van der Waals surface area (Å²) in [7, 11) is -2.23. The lowest BCUT2D eigenvalue weighted by Gasteiger charge is -2.07. The molecule has 24 heavy (non-hydrogen) atoms. The van der Waals surface area contributed by atoms with E-state index in [0.29, 0.717) is 10.6 Å². The van der Waals surface area contributed by atoms with Gasteiger partial charge in [0.2, 0.25) is 5.91 Å². The van der Waals surface area contributed by atoms with Crippen molar-refractivity contribution >= 4 is 38.0 Å². The highest BCUT2D eigenvalue weighted by Crippen LogP contribution is 2.32. The summed E-state index contributed by atoms with van der Waals surface area (Å²) >= 11 is 1.25. The summed E-state index contributed by atoms with van der Waals surface area (Å²) in [5.74, 6) is -1.68. The maximum Gasteiger partial charge on any atom is 0.254 e. The van der Waals surface area contributed by atoms with Crippen LogP contribution in [-0.2, 0) is 14.6 Å². The number of amides is 2. The van der Waals surface area contributed by atoms with Gasteiger partial charge in [-0.05, 0) is 31.5 Å². The van der Waals surface area contributed by atoms with E-state index in [0.717, 1.165) is 10.4 Å². The molecule has 2 aromatic rings. The molecule has 1 aromatic carbocycles. The first-order valence-corrected chi connectivity index (χ1v) is 9.63. The van der Waals surface area contributed by atoms with Gasteiger partial charge in [-0.2, -0.15) is 0 Å². The molecule has 6 nitrogen and oxygen atoms in total. The number of rotatable bonds is 5. The Labute approximate surface area is 144 Å². The largest absolute Gasteiger partial charge is 0.355 e. The van der Waals surface area contributed by atoms with Crippen LogP contribution in [-0.4, -0.2) is 33.0 Å². The van der Waals surface area contributed by atoms with Crippen molar-refractivity contribution in [2.45, 2.75) is 18.7 Å². The van der Waals surface area contributed by atoms with Gasteiger partial charge < -0.3 is 10.6 Å². The van der Waals surface area contributed by atoms with E-state index in [1.165, 1.54) is 30.5 Å². The van der Waals surface area contributed by atoms with Crippen molar-refractivity contribution in [2.24, 2.45) is 0 Å². The van der Waals surface area contributed by atoms with Crippen molar-refractivity contribution in [3.63, 3.8) is 0 Å². The number of carbonyl (C=O) groups is 2. The first kappa shape index (κ1) is 18.2. The lowest BCUT2D eigenvalue weighted by Crippen LogP contribution is -2.25. The molecular formula is C16H18N2O4S2. The van der Waals surface area contributed by atoms with E-state index in [-0.39, 0.29) is 10.8 Å². The number of sulfone groups is 1. The van der Waals surface area contributed by atoms with Crippen LogP contribution in [0.2, 0.25) is 0 Å². The van der Waals surface area contributed by atoms with Crippen LogP contribution in [0.15, 0.2) is 35.2 Å². The molecule has 0 aliphatic carbocycles. The van der Waals surface area contributed by atoms with Crippen molar-refractivity contribution in [3.05, 3.63) is 46.3 Å². The summed E-state index contributed by atoms with van der Waals surface area (Å²) in [6.45, 7) is 3.62. The zero-order valence-electron chi connectivity index (χ0n) is 13.5. The van der Waals surface area contributed by atoms with E-state index in [4.69, 9.17) is 0 Å². The van der Waals surface area contributed by atoms with Crippen LogP contribution < -0.4 is 10.6 Å². The molecule has 0 aliphatic rings. The minimum absolute atomic E-state index is 0.0882. The number of thiophene rings is 1. The number of carbonyl (C=O) groups excluding carboxylic acids is 2. The minimum atomic E-state index is -3.73. The van der Waals surface area contributed by atoms with E-state index in [2.05, 4.69) is 10.6 Å². The summed E-state index contributed by atoms with van der Waals surface area (Å²) < 4.78 is 24.5. The molecule has 0 radical (unpaired) electrons. The summed E-state index contributed by atoms with van der Waals surface area (Å²) in [6.07, 6.45) is 0. The Hall–Kier alpha value is -2.19. The third-order valence-electron chi connectivity index (χ3n) is 3.52. The number of hydrogen-bond acceptors (Lipinski definition) is 5. The van der Waals surface area contributed by atoms with Gasteiger partial charge in [0.1, 0.15) is 10.8 Å². The Balaban J connectivity index is 2.22. The average Bonchev–Trinajstić information content (AvgIpc) is 2.81. The first-order chi connectivity index (χ1) is 11.3. The fourth-order valence-corrected chi connectivity index (χ4v) is 4.39. The molecule has 1 aromatic heterocycles. The Morgan fingerprint density at radius 3 is 2.33 bits per heavy atom. The van der Waals surface area contributed by atoms with Gasteiger partial charge in [0.15, 0.2) is 9.84 Å². The fourth-order valence-electron chi connectivity index (χ4n) is 2.16. The van der Waals surface area contributed by atoms with Crippen molar-refractivity contribution in [1.29, 1.82) is 0 Å². The molecular weight excluding hydrogens is 348 g/mol. The number of anilines is 1. The van der Waals surface area contributed by atoms with E-state index in [1.54, 1.807) is 25.1 Å². The molecule has 0 fully saturated rings. The zero-order valence-corrected chi connectivity index (χ0v) is 15.2. The summed E-state index contributed by atoms with van der Waals surface area (Å²) in [5.41, 5.74) is 1.13. The number of benzene rings is 1. The second kappa shape index (κ2) is 7.14. The highest BCUT2D eigenvalue weighted by Gasteiger charge is 2.23. The molecule has 2 rings (SSSR count). The standard InChI is InChI=1S/C16H18N2O4S2/c1-10-11(2)23-16(14(10)15(20)17-3)18-13(19)9-24(21,22)12-7-5-4-6-8-12/h4-8H,9H2,1-3H3,(H,17,20)(H,18,19). The Morgan fingerprint density at radius 1 is 1.12 bits per heavy atom. The van der Waals surface area contributed by atoms with Gasteiger partial charge in [-0.3, -0.25) is 9.59 Å². The molecule has 1 heterocycles. The van der Waals surface area contributed by atoms with E-state index in [9.17, 15) is 18.0 Å². The molecule has 8 heteroatoms. The average molecular weight is 366 g/mol. The quantitative estimate of drug-likeness (QED) is 0.848. The summed E-state index contributed by atoms with van der Waals surface area (Å²) in [6, 6.07) is 7.78. The molecule has 2 N–H and O–H groups in total. The van der Waals surface area contributed by atoms with Crippen LogP contribution in [0.1, 0.15) is 20.8 Å². The van der Waals surface area contributed by atoms with Crippen LogP contribution in [0.3, 0.4) is 0 Å². The molecule has 0 saturated carbocycles. The van der Waals surface area contributed by atoms with E-state index in [1.807, 2.05) is 6.92 Å². The van der Waals surface area contributed by atoms with Crippen molar-refractivity contribution in [3.8, 4) is 0 Å². The van der Waals surface area contributed by atoms with Gasteiger partial charge in [-0.25, -0.2) is 8.42 Å². The predicted molar refractivity (Wildman–Crippen MR) is 94.3 cm³/mol. The Morgan fingerprint density at radius 2 is 1.75 bits per heavy atom. The van der Waals surface area contributed by atoms with Crippen LogP contribution in [0, 0.1) is 13.8 Å². The zero-order chi connectivity index (χ0) is 17.9. The highest BCUT2D eigenvalue weighted by molar-refractivity contribution is 7.92. The number of aryl methyl sites for hydroxylation is 1. The summed E-state index contributed by atoms with van der Waals surface area (Å²) in [5, 5.41) is 5.43. The second-order valence-corrected chi connectivity index (χ2v) is 8.40. The van der Waals surface area contributed by atoms with Crippen molar-refractivity contribution in [1.82, 2.24) is 5.32 Å². The highest BCUT2D eigenvalue weighted by atomic mass is 32.2. The van der Waals surface area contributed by atoms with Gasteiger partial charge in [0.05, 0.1) is 10.5 Å². The third kappa shape index (κ3) is 3.82. The van der Waals surface area contributed by atoms with Crippen LogP contribution in [0.4, 0.5) is 5.00 Å². The first-order valence-electron chi connectivity index (χ1n) is 7.16. The van der Waals surface area contributed by atoms with Gasteiger partial charge >= 0.3 is 0 Å². The van der Waals surface area contributed by atoms with E-state index < -0.39 is 21.5 Å². The molecule has 0 aliphatic heterocycles. The molecule has 0 unspecified atom stereocenters. The van der Waals surface area contributed by atoms with Crippen molar-refractivity contribution in [2.75, 3.05) is 18.1 Å². The molecule has 0 spiro atoms. The smallest absolute Gasteiger partial charge is 0.254 e. The third-order valence-corrected chi connectivity index (χ3v) is 6.27. The monoisotopic (exact) mass is 366 g/mol. The second-order valence-electron chi connectivity index (χ2n) is 5.19. The molecule has 2 amide bonds. The normalized spacial score (nSPS) is 11.1. The molecule has 128 valence electrons. The fraction of sp³-hybridized carbons (Fsp3) is 0.250. The topological polar surface area (TPSA) is 92.3 Å². The lowest BCUT2D eigenvalue weighted by atomic mass is 10.1. The molecule has 0 bridgehead atoms. The van der Waals surface area contributed by atoms with Crippen LogP contribution in [0.25, 0.3) is 0 Å². The van der Waals surface area contributed by atoms with E-state index >= 15 is 0 Å². The van der Waals surface area contributed by atoms with Gasteiger partial charge in [-0.1, -0.05) is 18.2 Å². The predicted octanol–water partition coefficient (Wildman–Crippen LogP) is 2.14. The number of hydrogen-bond donors (Lipinski definition) is 2. The van der Waals surface area contributed by atoms with Gasteiger partial charge in [-0.15, -0.1) is 11.3 Å². The Bertz CT molecular complexity index is 871.